The highest BCUT2D eigenvalue weighted by Crippen LogP contribution is 2.09. The number of fused-ring (bicyclic) bond motifs is 1. The van der Waals surface area contributed by atoms with Crippen molar-refractivity contribution < 1.29 is 4.74 Å². The molecule has 0 fully saturated rings. The van der Waals surface area contributed by atoms with Crippen LogP contribution in [0.15, 0.2) is 4.79 Å². The number of rotatable bonds is 0. The molecule has 1 N–H and O–H groups in total. The van der Waals surface area contributed by atoms with E-state index in [0.717, 1.165) is 12.1 Å². The number of ether oxygens (including phenoxy) is 1. The van der Waals surface area contributed by atoms with Crippen molar-refractivity contribution in [3.63, 3.8) is 0 Å². The average molecular weight is 226 g/mol. The van der Waals surface area contributed by atoms with Gasteiger partial charge in [-0.1, -0.05) is 27.7 Å². The lowest BCUT2D eigenvalue weighted by atomic mass is 10.1. The maximum atomic E-state index is 11.3. The van der Waals surface area contributed by atoms with Gasteiger partial charge in [-0.2, -0.15) is 0 Å². The highest BCUT2D eigenvalue weighted by Gasteiger charge is 2.14. The molecule has 0 bridgehead atoms. The van der Waals surface area contributed by atoms with Crippen molar-refractivity contribution in [1.29, 1.82) is 0 Å². The summed E-state index contributed by atoms with van der Waals surface area (Å²) in [6, 6.07) is 0. The van der Waals surface area contributed by atoms with E-state index in [0.29, 0.717) is 24.6 Å². The summed E-state index contributed by atoms with van der Waals surface area (Å²) in [5, 5.41) is 0. The van der Waals surface area contributed by atoms with Crippen LogP contribution in [0.3, 0.4) is 0 Å². The van der Waals surface area contributed by atoms with Crippen LogP contribution >= 0.6 is 0 Å². The minimum Gasteiger partial charge on any atom is -0.376 e. The number of nitrogens with one attached hydrogen (secondary N) is 1. The standard InChI is InChI=1S/C8H10N2O2.2C2H6/c1-5-9-7-2-3-12-4-6(7)8(11)10-5;2*1-2/h2-4H2,1H3,(H,9,10,11);2*1-2H3. The number of aromatic amines is 1. The highest BCUT2D eigenvalue weighted by atomic mass is 16.5. The Bertz CT molecular complexity index is 359. The van der Waals surface area contributed by atoms with Gasteiger partial charge in [0.05, 0.1) is 24.5 Å². The molecule has 92 valence electrons. The van der Waals surface area contributed by atoms with Crippen LogP contribution in [-0.2, 0) is 17.8 Å². The summed E-state index contributed by atoms with van der Waals surface area (Å²) in [6.07, 6.45) is 0.750. The Morgan fingerprint density at radius 1 is 1.25 bits per heavy atom. The van der Waals surface area contributed by atoms with Gasteiger partial charge in [-0.3, -0.25) is 4.79 Å². The molecule has 1 aromatic heterocycles. The van der Waals surface area contributed by atoms with E-state index in [1.807, 2.05) is 27.7 Å². The molecule has 0 amide bonds. The first-order chi connectivity index (χ1) is 7.77. The lowest BCUT2D eigenvalue weighted by Crippen LogP contribution is -2.24. The number of hydrogen-bond acceptors (Lipinski definition) is 3. The molecule has 0 radical (unpaired) electrons. The van der Waals surface area contributed by atoms with Crippen molar-refractivity contribution >= 4 is 0 Å². The first kappa shape index (κ1) is 14.8. The summed E-state index contributed by atoms with van der Waals surface area (Å²) < 4.78 is 5.16. The molecule has 1 aliphatic rings. The third-order valence-electron chi connectivity index (χ3n) is 1.95. The number of aromatic nitrogens is 2. The molecule has 0 saturated heterocycles. The van der Waals surface area contributed by atoms with Gasteiger partial charge in [-0.15, -0.1) is 0 Å². The second-order valence-electron chi connectivity index (χ2n) is 2.88. The summed E-state index contributed by atoms with van der Waals surface area (Å²) >= 11 is 0. The van der Waals surface area contributed by atoms with Crippen LogP contribution in [0.1, 0.15) is 44.8 Å². The molecule has 1 aliphatic heterocycles. The largest absolute Gasteiger partial charge is 0.376 e. The zero-order chi connectivity index (χ0) is 12.6. The van der Waals surface area contributed by atoms with Gasteiger partial charge < -0.3 is 9.72 Å². The molecule has 2 heterocycles. The molecular formula is C12H22N2O2. The zero-order valence-electron chi connectivity index (χ0n) is 10.9. The third kappa shape index (κ3) is 3.77. The summed E-state index contributed by atoms with van der Waals surface area (Å²) in [5.74, 6) is 0.681. The quantitative estimate of drug-likeness (QED) is 0.738. The highest BCUT2D eigenvalue weighted by molar-refractivity contribution is 5.18. The third-order valence-corrected chi connectivity index (χ3v) is 1.95. The molecule has 4 nitrogen and oxygen atoms in total. The van der Waals surface area contributed by atoms with E-state index in [9.17, 15) is 4.79 Å². The Balaban J connectivity index is 0.000000509. The predicted molar refractivity (Wildman–Crippen MR) is 65.7 cm³/mol. The number of hydrogen-bond donors (Lipinski definition) is 1. The fourth-order valence-electron chi connectivity index (χ4n) is 1.37. The molecule has 16 heavy (non-hydrogen) atoms. The van der Waals surface area contributed by atoms with E-state index in [1.54, 1.807) is 6.92 Å². The molecule has 0 aliphatic carbocycles. The van der Waals surface area contributed by atoms with Crippen LogP contribution in [0.25, 0.3) is 0 Å². The van der Waals surface area contributed by atoms with Crippen LogP contribution in [0.5, 0.6) is 0 Å². The van der Waals surface area contributed by atoms with Gasteiger partial charge in [0, 0.05) is 6.42 Å². The first-order valence-electron chi connectivity index (χ1n) is 5.94. The van der Waals surface area contributed by atoms with Gasteiger partial charge in [-0.25, -0.2) is 4.98 Å². The van der Waals surface area contributed by atoms with Crippen LogP contribution in [-0.4, -0.2) is 16.6 Å². The predicted octanol–water partition coefficient (Wildman–Crippen LogP) is 2.20. The topological polar surface area (TPSA) is 55.0 Å². The van der Waals surface area contributed by atoms with Crippen molar-refractivity contribution in [3.05, 3.63) is 27.4 Å². The van der Waals surface area contributed by atoms with Crippen molar-refractivity contribution in [1.82, 2.24) is 9.97 Å². The van der Waals surface area contributed by atoms with Crippen LogP contribution in [0.4, 0.5) is 0 Å². The van der Waals surface area contributed by atoms with Crippen molar-refractivity contribution in [2.75, 3.05) is 6.61 Å². The Kier molecular flexibility index (Phi) is 7.46. The second kappa shape index (κ2) is 8.05. The molecule has 4 heteroatoms. The Labute approximate surface area is 97.1 Å². The number of nitrogens with zero attached hydrogens (tertiary/aromatic N) is 1. The van der Waals surface area contributed by atoms with E-state index in [1.165, 1.54) is 0 Å². The van der Waals surface area contributed by atoms with Crippen molar-refractivity contribution in [3.8, 4) is 0 Å². The van der Waals surface area contributed by atoms with Gasteiger partial charge >= 0.3 is 0 Å². The lowest BCUT2D eigenvalue weighted by molar-refractivity contribution is 0.108. The normalized spacial score (nSPS) is 12.6. The van der Waals surface area contributed by atoms with E-state index in [2.05, 4.69) is 9.97 Å². The summed E-state index contributed by atoms with van der Waals surface area (Å²) in [5.41, 5.74) is 1.52. The molecule has 0 saturated carbocycles. The summed E-state index contributed by atoms with van der Waals surface area (Å²) in [6.45, 7) is 10.9. The van der Waals surface area contributed by atoms with E-state index < -0.39 is 0 Å². The fraction of sp³-hybridized carbons (Fsp3) is 0.667. The van der Waals surface area contributed by atoms with Crippen LogP contribution in [0, 0.1) is 6.92 Å². The van der Waals surface area contributed by atoms with E-state index in [-0.39, 0.29) is 5.56 Å². The van der Waals surface area contributed by atoms with Crippen molar-refractivity contribution in [2.45, 2.75) is 47.6 Å². The second-order valence-corrected chi connectivity index (χ2v) is 2.88. The maximum Gasteiger partial charge on any atom is 0.256 e. The minimum absolute atomic E-state index is 0.0581. The van der Waals surface area contributed by atoms with Gasteiger partial charge in [0.1, 0.15) is 5.82 Å². The van der Waals surface area contributed by atoms with Gasteiger partial charge in [0.25, 0.3) is 5.56 Å². The Hall–Kier alpha value is -1.16. The Morgan fingerprint density at radius 2 is 1.88 bits per heavy atom. The molecule has 0 atom stereocenters. The zero-order valence-corrected chi connectivity index (χ0v) is 10.9. The van der Waals surface area contributed by atoms with Gasteiger partial charge in [-0.05, 0) is 6.92 Å². The average Bonchev–Trinajstić information content (AvgIpc) is 2.34. The monoisotopic (exact) mass is 226 g/mol. The Morgan fingerprint density at radius 3 is 2.50 bits per heavy atom. The molecule has 1 aromatic rings. The maximum absolute atomic E-state index is 11.3. The fourth-order valence-corrected chi connectivity index (χ4v) is 1.37. The van der Waals surface area contributed by atoms with Gasteiger partial charge in [0.2, 0.25) is 0 Å². The summed E-state index contributed by atoms with van der Waals surface area (Å²) in [4.78, 5) is 18.2. The minimum atomic E-state index is -0.0581. The molecule has 0 spiro atoms. The van der Waals surface area contributed by atoms with Crippen molar-refractivity contribution in [2.24, 2.45) is 0 Å². The van der Waals surface area contributed by atoms with E-state index in [4.69, 9.17) is 4.74 Å². The smallest absolute Gasteiger partial charge is 0.256 e. The number of H-pyrrole nitrogens is 1. The van der Waals surface area contributed by atoms with Crippen LogP contribution < -0.4 is 5.56 Å². The SMILES string of the molecule is CC.CC.Cc1nc2c(c(=O)[nH]1)COCC2. The lowest BCUT2D eigenvalue weighted by Gasteiger charge is -2.14. The molecule has 0 unspecified atom stereocenters. The number of aryl methyl sites for hydroxylation is 1. The summed E-state index contributed by atoms with van der Waals surface area (Å²) in [7, 11) is 0. The first-order valence-corrected chi connectivity index (χ1v) is 5.94. The molecule has 0 aromatic carbocycles. The van der Waals surface area contributed by atoms with E-state index >= 15 is 0 Å². The molecule has 2 rings (SSSR count). The van der Waals surface area contributed by atoms with Crippen LogP contribution in [0.2, 0.25) is 0 Å². The molecular weight excluding hydrogens is 204 g/mol. The van der Waals surface area contributed by atoms with Gasteiger partial charge in [0.15, 0.2) is 0 Å².